The van der Waals surface area contributed by atoms with E-state index in [1.54, 1.807) is 59.1 Å². The van der Waals surface area contributed by atoms with E-state index in [1.807, 2.05) is 18.2 Å². The van der Waals surface area contributed by atoms with Crippen molar-refractivity contribution in [1.82, 2.24) is 0 Å². The second-order valence-electron chi connectivity index (χ2n) is 7.34. The maximum absolute atomic E-state index is 12.1. The van der Waals surface area contributed by atoms with E-state index in [0.29, 0.717) is 22.8 Å². The Hall–Kier alpha value is -2.79. The molecule has 0 aliphatic heterocycles. The van der Waals surface area contributed by atoms with Gasteiger partial charge in [0.05, 0.1) is 12.5 Å². The number of aliphatic hydroxyl groups is 1. The minimum absolute atomic E-state index is 0.310. The van der Waals surface area contributed by atoms with Crippen molar-refractivity contribution in [1.29, 1.82) is 0 Å². The van der Waals surface area contributed by atoms with Gasteiger partial charge in [0.2, 0.25) is 6.29 Å². The first-order valence-corrected chi connectivity index (χ1v) is 8.62. The normalized spacial score (nSPS) is 12.2. The number of benzene rings is 2. The molecule has 2 aromatic carbocycles. The molecule has 0 saturated heterocycles. The Labute approximate surface area is 160 Å². The fourth-order valence-electron chi connectivity index (χ4n) is 2.18. The zero-order valence-corrected chi connectivity index (χ0v) is 16.4. The summed E-state index contributed by atoms with van der Waals surface area (Å²) in [5.41, 5.74) is 1.69. The highest BCUT2D eigenvalue weighted by Crippen LogP contribution is 2.35. The average molecular weight is 370 g/mol. The lowest BCUT2D eigenvalue weighted by Gasteiger charge is -2.17. The number of carbonyl (C=O) groups excluding carboxylic acids is 1. The van der Waals surface area contributed by atoms with Crippen LogP contribution in [0.25, 0.3) is 11.1 Å². The van der Waals surface area contributed by atoms with Gasteiger partial charge in [-0.2, -0.15) is 0 Å². The lowest BCUT2D eigenvalue weighted by molar-refractivity contribution is -0.143. The van der Waals surface area contributed by atoms with Gasteiger partial charge in [0.1, 0.15) is 17.2 Å². The summed E-state index contributed by atoms with van der Waals surface area (Å²) < 4.78 is 16.3. The first kappa shape index (κ1) is 20.5. The van der Waals surface area contributed by atoms with Gasteiger partial charge in [0.15, 0.2) is 0 Å². The molecule has 5 nitrogen and oxygen atoms in total. The summed E-state index contributed by atoms with van der Waals surface area (Å²) in [6, 6.07) is 12.5. The number of hydrogen-bond donors (Lipinski definition) is 1. The maximum Gasteiger partial charge on any atom is 0.316 e. The van der Waals surface area contributed by atoms with Crippen molar-refractivity contribution in [3.8, 4) is 28.4 Å². The Kier molecular flexibility index (Phi) is 6.28. The smallest absolute Gasteiger partial charge is 0.316 e. The van der Waals surface area contributed by atoms with Crippen LogP contribution in [0.4, 0.5) is 0 Å². The van der Waals surface area contributed by atoms with E-state index in [1.165, 1.54) is 0 Å². The molecule has 1 N–H and O–H groups in total. The Balaban J connectivity index is 2.23. The van der Waals surface area contributed by atoms with Crippen molar-refractivity contribution in [2.45, 2.75) is 34.0 Å². The zero-order chi connectivity index (χ0) is 20.2. The Morgan fingerprint density at radius 1 is 1.07 bits per heavy atom. The number of methoxy groups -OCH3 is 1. The highest BCUT2D eigenvalue weighted by atomic mass is 16.6. The van der Waals surface area contributed by atoms with Crippen molar-refractivity contribution in [3.63, 3.8) is 0 Å². The lowest BCUT2D eigenvalue weighted by atomic mass is 9.97. The van der Waals surface area contributed by atoms with E-state index in [-0.39, 0.29) is 5.97 Å². The first-order chi connectivity index (χ1) is 12.6. The molecule has 0 heterocycles. The van der Waals surface area contributed by atoms with E-state index in [4.69, 9.17) is 14.2 Å². The number of esters is 1. The molecule has 2 rings (SSSR count). The number of carbonyl (C=O) groups is 1. The highest BCUT2D eigenvalue weighted by molar-refractivity contribution is 5.79. The molecule has 0 fully saturated rings. The van der Waals surface area contributed by atoms with E-state index in [0.717, 1.165) is 11.1 Å². The van der Waals surface area contributed by atoms with E-state index in [2.05, 4.69) is 6.58 Å². The molecule has 1 atom stereocenters. The summed E-state index contributed by atoms with van der Waals surface area (Å²) in [5, 5.41) is 9.72. The maximum atomic E-state index is 12.1. The molecule has 2 aromatic rings. The highest BCUT2D eigenvalue weighted by Gasteiger charge is 2.24. The molecular weight excluding hydrogens is 344 g/mol. The predicted molar refractivity (Wildman–Crippen MR) is 105 cm³/mol. The second kappa shape index (κ2) is 8.27. The molecule has 0 aliphatic carbocycles. The minimum atomic E-state index is -1.04. The van der Waals surface area contributed by atoms with E-state index < -0.39 is 11.7 Å². The molecule has 0 radical (unpaired) electrons. The quantitative estimate of drug-likeness (QED) is 0.349. The van der Waals surface area contributed by atoms with Crippen LogP contribution in [0.2, 0.25) is 0 Å². The molecule has 0 bridgehead atoms. The second-order valence-corrected chi connectivity index (χ2v) is 7.34. The third-order valence-electron chi connectivity index (χ3n) is 3.83. The van der Waals surface area contributed by atoms with Gasteiger partial charge >= 0.3 is 5.97 Å². The van der Waals surface area contributed by atoms with Crippen LogP contribution in [-0.4, -0.2) is 24.5 Å². The summed E-state index contributed by atoms with van der Waals surface area (Å²) in [7, 11) is 1.56. The number of hydrogen-bond acceptors (Lipinski definition) is 5. The predicted octanol–water partition coefficient (Wildman–Crippen LogP) is 4.59. The third-order valence-corrected chi connectivity index (χ3v) is 3.83. The van der Waals surface area contributed by atoms with Crippen LogP contribution in [0.5, 0.6) is 17.2 Å². The molecule has 5 heteroatoms. The molecule has 144 valence electrons. The van der Waals surface area contributed by atoms with Crippen LogP contribution >= 0.6 is 0 Å². The van der Waals surface area contributed by atoms with Gasteiger partial charge in [-0.15, -0.1) is 0 Å². The minimum Gasteiger partial charge on any atom is -0.496 e. The topological polar surface area (TPSA) is 65.0 Å². The number of ether oxygens (including phenoxy) is 3. The molecule has 1 unspecified atom stereocenters. The first-order valence-electron chi connectivity index (χ1n) is 8.62. The van der Waals surface area contributed by atoms with Crippen molar-refractivity contribution in [2.75, 3.05) is 7.11 Å². The SMILES string of the molecule is C=C(C)C(O)Oc1ccc(-c2ccc(OC(=O)C(C)(C)C)cc2OC)cc1. The summed E-state index contributed by atoms with van der Waals surface area (Å²) in [6.07, 6.45) is -1.04. The largest absolute Gasteiger partial charge is 0.496 e. The van der Waals surface area contributed by atoms with Crippen LogP contribution in [0.1, 0.15) is 27.7 Å². The Morgan fingerprint density at radius 3 is 2.19 bits per heavy atom. The molecule has 0 spiro atoms. The van der Waals surface area contributed by atoms with Crippen molar-refractivity contribution in [3.05, 3.63) is 54.6 Å². The standard InChI is InChI=1S/C22H26O5/c1-14(2)20(23)26-16-9-7-15(8-10-16)18-12-11-17(13-19(18)25-6)27-21(24)22(3,4)5/h7-13,20,23H,1H2,2-6H3. The van der Waals surface area contributed by atoms with Gasteiger partial charge in [-0.25, -0.2) is 0 Å². The molecule has 0 amide bonds. The zero-order valence-electron chi connectivity index (χ0n) is 16.4. The van der Waals surface area contributed by atoms with Crippen LogP contribution in [0.3, 0.4) is 0 Å². The van der Waals surface area contributed by atoms with Gasteiger partial charge < -0.3 is 19.3 Å². The molecule has 0 saturated carbocycles. The molecule has 0 aliphatic rings. The fraction of sp³-hybridized carbons (Fsp3) is 0.318. The van der Waals surface area contributed by atoms with Gasteiger partial charge in [-0.05, 0) is 63.1 Å². The van der Waals surface area contributed by atoms with Crippen LogP contribution in [0.15, 0.2) is 54.6 Å². The number of aliphatic hydroxyl groups excluding tert-OH is 1. The van der Waals surface area contributed by atoms with E-state index in [9.17, 15) is 9.90 Å². The summed E-state index contributed by atoms with van der Waals surface area (Å²) in [6.45, 7) is 10.8. The molecule has 0 aromatic heterocycles. The number of rotatable bonds is 6. The summed E-state index contributed by atoms with van der Waals surface area (Å²) in [4.78, 5) is 12.1. The van der Waals surface area contributed by atoms with E-state index >= 15 is 0 Å². The van der Waals surface area contributed by atoms with Gasteiger partial charge in [0.25, 0.3) is 0 Å². The monoisotopic (exact) mass is 370 g/mol. The van der Waals surface area contributed by atoms with Crippen molar-refractivity contribution < 1.29 is 24.1 Å². The summed E-state index contributed by atoms with van der Waals surface area (Å²) >= 11 is 0. The van der Waals surface area contributed by atoms with Crippen LogP contribution < -0.4 is 14.2 Å². The van der Waals surface area contributed by atoms with Gasteiger partial charge in [0, 0.05) is 11.6 Å². The van der Waals surface area contributed by atoms with Gasteiger partial charge in [-0.3, -0.25) is 4.79 Å². The average Bonchev–Trinajstić information content (AvgIpc) is 2.61. The molecular formula is C22H26O5. The third kappa shape index (κ3) is 5.34. The summed E-state index contributed by atoms with van der Waals surface area (Å²) in [5.74, 6) is 1.24. The van der Waals surface area contributed by atoms with Crippen molar-refractivity contribution >= 4 is 5.97 Å². The molecule has 27 heavy (non-hydrogen) atoms. The Morgan fingerprint density at radius 2 is 1.67 bits per heavy atom. The Bertz CT molecular complexity index is 816. The van der Waals surface area contributed by atoms with Gasteiger partial charge in [-0.1, -0.05) is 18.7 Å². The fourth-order valence-corrected chi connectivity index (χ4v) is 2.18. The lowest BCUT2D eigenvalue weighted by Crippen LogP contribution is -2.25. The van der Waals surface area contributed by atoms with Crippen molar-refractivity contribution in [2.24, 2.45) is 5.41 Å². The van der Waals surface area contributed by atoms with Crippen LogP contribution in [-0.2, 0) is 4.79 Å². The van der Waals surface area contributed by atoms with Crippen LogP contribution in [0, 0.1) is 5.41 Å².